The van der Waals surface area contributed by atoms with Crippen LogP contribution < -0.4 is 10.2 Å². The zero-order chi connectivity index (χ0) is 10.3. The predicted molar refractivity (Wildman–Crippen MR) is 55.6 cm³/mol. The van der Waals surface area contributed by atoms with E-state index in [-0.39, 0.29) is 11.3 Å². The van der Waals surface area contributed by atoms with E-state index in [0.29, 0.717) is 13.1 Å². The quantitative estimate of drug-likeness (QED) is 0.513. The van der Waals surface area contributed by atoms with Gasteiger partial charge in [0, 0.05) is 18.5 Å². The number of hydrogen-bond donors (Lipinski definition) is 2. The number of halogens is 1. The van der Waals surface area contributed by atoms with E-state index in [1.165, 1.54) is 0 Å². The Hall–Kier alpha value is -0.280. The summed E-state index contributed by atoms with van der Waals surface area (Å²) >= 11 is 5.27. The largest absolute Gasteiger partial charge is 0.356 e. The molecule has 0 aromatic heterocycles. The Kier molecular flexibility index (Phi) is 6.08. The van der Waals surface area contributed by atoms with Crippen LogP contribution in [0.2, 0.25) is 0 Å². The Labute approximate surface area is 85.3 Å². The molecule has 0 rings (SSSR count). The highest BCUT2D eigenvalue weighted by Gasteiger charge is 2.24. The summed E-state index contributed by atoms with van der Waals surface area (Å²) in [4.78, 5) is 14.0. The van der Waals surface area contributed by atoms with Gasteiger partial charge in [0.2, 0.25) is 5.91 Å². The number of carbonyl (C=O) groups excluding carboxylic acids is 1. The zero-order valence-corrected chi connectivity index (χ0v) is 9.37. The molecule has 0 saturated carbocycles. The second kappa shape index (κ2) is 6.22. The van der Waals surface area contributed by atoms with Crippen LogP contribution in [0.15, 0.2) is 0 Å². The molecule has 0 aromatic carbocycles. The van der Waals surface area contributed by atoms with E-state index < -0.39 is 0 Å². The third-order valence-corrected chi connectivity index (χ3v) is 2.42. The molecule has 0 aliphatic carbocycles. The van der Waals surface area contributed by atoms with E-state index in [4.69, 9.17) is 11.8 Å². The van der Waals surface area contributed by atoms with Crippen molar-refractivity contribution in [3.05, 3.63) is 0 Å². The van der Waals surface area contributed by atoms with Crippen LogP contribution in [0.1, 0.15) is 33.6 Å². The number of nitrogens with one attached hydrogen (secondary N) is 2. The molecule has 0 fully saturated rings. The lowest BCUT2D eigenvalue weighted by Gasteiger charge is -2.21. The highest BCUT2D eigenvalue weighted by molar-refractivity contribution is 6.13. The number of amides is 1. The Morgan fingerprint density at radius 2 is 2.00 bits per heavy atom. The van der Waals surface area contributed by atoms with Gasteiger partial charge in [-0.1, -0.05) is 20.8 Å². The fourth-order valence-corrected chi connectivity index (χ4v) is 0.891. The van der Waals surface area contributed by atoms with E-state index in [2.05, 4.69) is 10.2 Å². The van der Waals surface area contributed by atoms with Gasteiger partial charge in [0.1, 0.15) is 0 Å². The Balaban J connectivity index is 3.62. The average molecular weight is 207 g/mol. The van der Waals surface area contributed by atoms with Crippen molar-refractivity contribution in [3.63, 3.8) is 0 Å². The third-order valence-electron chi connectivity index (χ3n) is 2.23. The summed E-state index contributed by atoms with van der Waals surface area (Å²) in [5.74, 6) is 0.115. The smallest absolute Gasteiger partial charge is 0.225 e. The summed E-state index contributed by atoms with van der Waals surface area (Å²) in [5, 5.41) is 2.87. The maximum atomic E-state index is 11.5. The number of hydrogen-bond acceptors (Lipinski definition) is 2. The van der Waals surface area contributed by atoms with E-state index >= 15 is 0 Å². The fraction of sp³-hybridized carbons (Fsp3) is 0.889. The van der Waals surface area contributed by atoms with Crippen LogP contribution in [0.5, 0.6) is 0 Å². The molecule has 0 aliphatic heterocycles. The van der Waals surface area contributed by atoms with Gasteiger partial charge >= 0.3 is 0 Å². The highest BCUT2D eigenvalue weighted by atomic mass is 35.5. The first-order valence-corrected chi connectivity index (χ1v) is 5.04. The summed E-state index contributed by atoms with van der Waals surface area (Å²) in [5.41, 5.74) is -0.256. The monoisotopic (exact) mass is 206 g/mol. The van der Waals surface area contributed by atoms with Crippen LogP contribution >= 0.6 is 11.8 Å². The first kappa shape index (κ1) is 12.7. The summed E-state index contributed by atoms with van der Waals surface area (Å²) in [6.07, 6.45) is 1.71. The lowest BCUT2D eigenvalue weighted by atomic mass is 9.89. The van der Waals surface area contributed by atoms with Crippen molar-refractivity contribution in [1.29, 1.82) is 0 Å². The molecular weight excluding hydrogens is 188 g/mol. The molecule has 0 saturated heterocycles. The van der Waals surface area contributed by atoms with E-state index in [1.54, 1.807) is 0 Å². The van der Waals surface area contributed by atoms with Crippen LogP contribution in [-0.2, 0) is 4.79 Å². The molecule has 0 bridgehead atoms. The van der Waals surface area contributed by atoms with Crippen molar-refractivity contribution in [2.24, 2.45) is 5.41 Å². The maximum absolute atomic E-state index is 11.5. The molecule has 0 spiro atoms. The standard InChI is InChI=1S/C9H19ClN2O/c1-4-9(2,3)8(13)11-6-5-7-12-10/h12H,4-7H2,1-3H3,(H,11,13). The van der Waals surface area contributed by atoms with Gasteiger partial charge in [-0.2, -0.15) is 0 Å². The van der Waals surface area contributed by atoms with Gasteiger partial charge in [-0.25, -0.2) is 4.84 Å². The van der Waals surface area contributed by atoms with Crippen LogP contribution in [0.25, 0.3) is 0 Å². The van der Waals surface area contributed by atoms with Gasteiger partial charge in [0.05, 0.1) is 0 Å². The molecule has 0 aliphatic rings. The Morgan fingerprint density at radius 3 is 2.46 bits per heavy atom. The van der Waals surface area contributed by atoms with Crippen molar-refractivity contribution in [1.82, 2.24) is 10.2 Å². The molecule has 13 heavy (non-hydrogen) atoms. The van der Waals surface area contributed by atoms with Crippen LogP contribution in [-0.4, -0.2) is 19.0 Å². The molecule has 0 atom stereocenters. The van der Waals surface area contributed by atoms with Gasteiger partial charge < -0.3 is 5.32 Å². The Morgan fingerprint density at radius 1 is 1.38 bits per heavy atom. The van der Waals surface area contributed by atoms with Gasteiger partial charge in [-0.15, -0.1) is 0 Å². The second-order valence-corrected chi connectivity index (χ2v) is 4.00. The predicted octanol–water partition coefficient (Wildman–Crippen LogP) is 1.67. The van der Waals surface area contributed by atoms with Crippen molar-refractivity contribution in [2.45, 2.75) is 33.6 Å². The summed E-state index contributed by atoms with van der Waals surface area (Å²) in [6, 6.07) is 0. The molecule has 2 N–H and O–H groups in total. The highest BCUT2D eigenvalue weighted by Crippen LogP contribution is 2.18. The minimum absolute atomic E-state index is 0.115. The minimum atomic E-state index is -0.256. The molecular formula is C9H19ClN2O. The number of rotatable bonds is 6. The van der Waals surface area contributed by atoms with E-state index in [1.807, 2.05) is 20.8 Å². The van der Waals surface area contributed by atoms with Crippen LogP contribution in [0, 0.1) is 5.41 Å². The molecule has 1 amide bonds. The van der Waals surface area contributed by atoms with Crippen LogP contribution in [0.3, 0.4) is 0 Å². The van der Waals surface area contributed by atoms with Gasteiger partial charge in [-0.05, 0) is 24.6 Å². The number of carbonyl (C=O) groups is 1. The molecule has 0 radical (unpaired) electrons. The second-order valence-electron chi connectivity index (χ2n) is 3.73. The lowest BCUT2D eigenvalue weighted by Crippen LogP contribution is -2.37. The fourth-order valence-electron chi connectivity index (χ4n) is 0.757. The molecule has 0 aromatic rings. The van der Waals surface area contributed by atoms with E-state index in [0.717, 1.165) is 12.8 Å². The molecule has 0 unspecified atom stereocenters. The first-order chi connectivity index (χ1) is 6.04. The molecule has 0 heterocycles. The Bertz CT molecular complexity index is 160. The van der Waals surface area contributed by atoms with Gasteiger partial charge in [0.25, 0.3) is 0 Å². The topological polar surface area (TPSA) is 41.1 Å². The summed E-state index contributed by atoms with van der Waals surface area (Å²) < 4.78 is 0. The summed E-state index contributed by atoms with van der Waals surface area (Å²) in [6.45, 7) is 7.31. The van der Waals surface area contributed by atoms with Gasteiger partial charge in [0.15, 0.2) is 0 Å². The van der Waals surface area contributed by atoms with Crippen molar-refractivity contribution in [3.8, 4) is 0 Å². The zero-order valence-electron chi connectivity index (χ0n) is 8.61. The van der Waals surface area contributed by atoms with Crippen molar-refractivity contribution < 1.29 is 4.79 Å². The molecule has 4 heteroatoms. The maximum Gasteiger partial charge on any atom is 0.225 e. The molecule has 3 nitrogen and oxygen atoms in total. The van der Waals surface area contributed by atoms with Crippen LogP contribution in [0.4, 0.5) is 0 Å². The summed E-state index contributed by atoms with van der Waals surface area (Å²) in [7, 11) is 0. The normalized spacial score (nSPS) is 11.4. The SMILES string of the molecule is CCC(C)(C)C(=O)NCCCNCl. The third kappa shape index (κ3) is 5.11. The van der Waals surface area contributed by atoms with Crippen molar-refractivity contribution >= 4 is 17.7 Å². The van der Waals surface area contributed by atoms with Gasteiger partial charge in [-0.3, -0.25) is 4.79 Å². The van der Waals surface area contributed by atoms with E-state index in [9.17, 15) is 4.79 Å². The average Bonchev–Trinajstić information content (AvgIpc) is 2.12. The van der Waals surface area contributed by atoms with Crippen molar-refractivity contribution in [2.75, 3.05) is 13.1 Å². The minimum Gasteiger partial charge on any atom is -0.356 e. The first-order valence-electron chi connectivity index (χ1n) is 4.66. The molecule has 78 valence electrons. The lowest BCUT2D eigenvalue weighted by molar-refractivity contribution is -0.129.